The van der Waals surface area contributed by atoms with E-state index in [2.05, 4.69) is 25.4 Å². The summed E-state index contributed by atoms with van der Waals surface area (Å²) in [6.45, 7) is -7.00. The van der Waals surface area contributed by atoms with E-state index in [0.717, 1.165) is 30.4 Å². The van der Waals surface area contributed by atoms with E-state index in [1.807, 2.05) is 0 Å². The Kier molecular flexibility index (Phi) is 8.49. The molecule has 0 aromatic heterocycles. The molecule has 0 unspecified atom stereocenters. The topological polar surface area (TPSA) is 73.9 Å². The molecule has 1 amide bonds. The van der Waals surface area contributed by atoms with Crippen molar-refractivity contribution in [3.63, 3.8) is 0 Å². The van der Waals surface area contributed by atoms with Crippen LogP contribution in [0.1, 0.15) is 5.56 Å². The minimum atomic E-state index is -3.23. The number of halogens is 4. The van der Waals surface area contributed by atoms with Gasteiger partial charge in [0.2, 0.25) is 0 Å². The van der Waals surface area contributed by atoms with Crippen molar-refractivity contribution in [2.45, 2.75) is 13.2 Å². The number of carbonyl (C=O) groups excluding carboxylic acids is 2. The van der Waals surface area contributed by atoms with Crippen LogP contribution >= 0.6 is 0 Å². The smallest absolute Gasteiger partial charge is 0.387 e. The Morgan fingerprint density at radius 2 is 1.88 bits per heavy atom. The number of alkyl halides is 4. The zero-order valence-corrected chi connectivity index (χ0v) is 13.1. The highest BCUT2D eigenvalue weighted by Crippen LogP contribution is 2.28. The highest BCUT2D eigenvalue weighted by Gasteiger charge is 2.12. The van der Waals surface area contributed by atoms with Gasteiger partial charge in [-0.05, 0) is 18.2 Å². The van der Waals surface area contributed by atoms with Gasteiger partial charge in [0.1, 0.15) is 11.5 Å². The van der Waals surface area contributed by atoms with Gasteiger partial charge < -0.3 is 19.5 Å². The van der Waals surface area contributed by atoms with Gasteiger partial charge in [0, 0.05) is 17.7 Å². The van der Waals surface area contributed by atoms with Crippen molar-refractivity contribution in [1.82, 2.24) is 5.32 Å². The molecular formula is C16H13F4NO5. The number of amides is 1. The summed E-state index contributed by atoms with van der Waals surface area (Å²) >= 11 is 0. The summed E-state index contributed by atoms with van der Waals surface area (Å²) in [6.07, 6.45) is 6.82. The number of carbonyl (C=O) groups is 2. The Morgan fingerprint density at radius 1 is 1.19 bits per heavy atom. The molecule has 1 aromatic carbocycles. The minimum absolute atomic E-state index is 0.0272. The molecule has 1 N–H and O–H groups in total. The van der Waals surface area contributed by atoms with Crippen LogP contribution in [0.5, 0.6) is 11.5 Å². The summed E-state index contributed by atoms with van der Waals surface area (Å²) in [6, 6.07) is 3.01. The maximum absolute atomic E-state index is 12.4. The van der Waals surface area contributed by atoms with Crippen molar-refractivity contribution in [2.24, 2.45) is 0 Å². The number of terminal acetylenes is 1. The quantitative estimate of drug-likeness (QED) is 0.310. The van der Waals surface area contributed by atoms with E-state index in [4.69, 9.17) is 6.42 Å². The molecule has 0 aliphatic carbocycles. The van der Waals surface area contributed by atoms with Crippen molar-refractivity contribution >= 4 is 18.0 Å². The third kappa shape index (κ3) is 8.05. The highest BCUT2D eigenvalue weighted by molar-refractivity contribution is 5.89. The van der Waals surface area contributed by atoms with E-state index in [9.17, 15) is 27.2 Å². The van der Waals surface area contributed by atoms with Gasteiger partial charge in [-0.3, -0.25) is 4.79 Å². The molecular weight excluding hydrogens is 362 g/mol. The average Bonchev–Trinajstić information content (AvgIpc) is 2.56. The predicted molar refractivity (Wildman–Crippen MR) is 81.5 cm³/mol. The molecule has 0 bridgehead atoms. The molecule has 0 saturated carbocycles. The fraction of sp³-hybridized carbons (Fsp3) is 0.250. The Hall–Kier alpha value is -3.22. The van der Waals surface area contributed by atoms with E-state index in [-0.39, 0.29) is 12.1 Å². The molecule has 0 heterocycles. The van der Waals surface area contributed by atoms with Crippen LogP contribution in [0, 0.1) is 12.3 Å². The lowest BCUT2D eigenvalue weighted by Gasteiger charge is -2.11. The second-order valence-electron chi connectivity index (χ2n) is 4.38. The summed E-state index contributed by atoms with van der Waals surface area (Å²) in [7, 11) is 0. The molecule has 0 atom stereocenters. The van der Waals surface area contributed by atoms with Crippen molar-refractivity contribution in [2.75, 3.05) is 13.2 Å². The van der Waals surface area contributed by atoms with Crippen molar-refractivity contribution < 1.29 is 41.4 Å². The molecule has 140 valence electrons. The molecule has 0 aliphatic rings. The van der Waals surface area contributed by atoms with Gasteiger partial charge in [-0.25, -0.2) is 4.79 Å². The zero-order chi connectivity index (χ0) is 19.5. The van der Waals surface area contributed by atoms with Crippen molar-refractivity contribution in [3.8, 4) is 23.8 Å². The summed E-state index contributed by atoms with van der Waals surface area (Å²) in [4.78, 5) is 22.7. The first-order valence-corrected chi connectivity index (χ1v) is 6.90. The number of ether oxygens (including phenoxy) is 3. The molecule has 0 saturated heterocycles. The molecule has 26 heavy (non-hydrogen) atoms. The van der Waals surface area contributed by atoms with E-state index >= 15 is 0 Å². The van der Waals surface area contributed by atoms with E-state index in [1.54, 1.807) is 0 Å². The Morgan fingerprint density at radius 3 is 2.50 bits per heavy atom. The van der Waals surface area contributed by atoms with Gasteiger partial charge in [0.25, 0.3) is 5.91 Å². The molecule has 0 radical (unpaired) electrons. The van der Waals surface area contributed by atoms with E-state index in [1.165, 1.54) is 0 Å². The lowest BCUT2D eigenvalue weighted by Crippen LogP contribution is -2.28. The molecule has 0 aliphatic heterocycles. The van der Waals surface area contributed by atoms with Crippen LogP contribution in [0.2, 0.25) is 0 Å². The summed E-state index contributed by atoms with van der Waals surface area (Å²) in [5.41, 5.74) is -0.0272. The first-order chi connectivity index (χ1) is 12.3. The lowest BCUT2D eigenvalue weighted by atomic mass is 10.1. The van der Waals surface area contributed by atoms with Gasteiger partial charge in [0.05, 0.1) is 6.54 Å². The fourth-order valence-corrected chi connectivity index (χ4v) is 1.57. The van der Waals surface area contributed by atoms with E-state index in [0.29, 0.717) is 0 Å². The first-order valence-electron chi connectivity index (χ1n) is 6.90. The number of hydrogen-bond donors (Lipinski definition) is 1. The predicted octanol–water partition coefficient (Wildman–Crippen LogP) is 2.20. The minimum Gasteiger partial charge on any atom is -0.452 e. The number of hydrogen-bond acceptors (Lipinski definition) is 5. The SMILES string of the molecule is C#CCNC(=O)COC(=O)/C=C/c1ccc(OC(F)F)cc1OC(F)F. The van der Waals surface area contributed by atoms with Gasteiger partial charge >= 0.3 is 19.2 Å². The summed E-state index contributed by atoms with van der Waals surface area (Å²) in [5, 5.41) is 2.26. The van der Waals surface area contributed by atoms with Crippen molar-refractivity contribution in [3.05, 3.63) is 29.8 Å². The Balaban J connectivity index is 2.77. The van der Waals surface area contributed by atoms with Crippen LogP contribution < -0.4 is 14.8 Å². The van der Waals surface area contributed by atoms with Crippen LogP contribution in [0.15, 0.2) is 24.3 Å². The zero-order valence-electron chi connectivity index (χ0n) is 13.1. The maximum atomic E-state index is 12.4. The second-order valence-corrected chi connectivity index (χ2v) is 4.38. The van der Waals surface area contributed by atoms with E-state index < -0.39 is 43.2 Å². The standard InChI is InChI=1S/C16H13F4NO5/c1-2-7-21-13(22)9-24-14(23)6-4-10-3-5-11(25-15(17)18)8-12(10)26-16(19)20/h1,3-6,8,15-16H,7,9H2,(H,21,22)/b6-4+. The van der Waals surface area contributed by atoms with Gasteiger partial charge in [-0.2, -0.15) is 17.6 Å². The van der Waals surface area contributed by atoms with Crippen LogP contribution in [0.4, 0.5) is 17.6 Å². The molecule has 6 nitrogen and oxygen atoms in total. The van der Waals surface area contributed by atoms with Gasteiger partial charge in [-0.1, -0.05) is 5.92 Å². The van der Waals surface area contributed by atoms with Crippen LogP contribution in [0.3, 0.4) is 0 Å². The number of rotatable bonds is 9. The molecule has 0 spiro atoms. The molecule has 1 rings (SSSR count). The maximum Gasteiger partial charge on any atom is 0.387 e. The summed E-state index contributed by atoms with van der Waals surface area (Å²) in [5.74, 6) is -0.314. The number of benzene rings is 1. The number of nitrogens with one attached hydrogen (secondary N) is 1. The lowest BCUT2D eigenvalue weighted by molar-refractivity contribution is -0.143. The van der Waals surface area contributed by atoms with Crippen LogP contribution in [-0.4, -0.2) is 38.3 Å². The molecule has 1 aromatic rings. The first kappa shape index (κ1) is 20.8. The largest absolute Gasteiger partial charge is 0.452 e. The number of esters is 1. The molecule has 0 fully saturated rings. The third-order valence-corrected chi connectivity index (χ3v) is 2.56. The normalized spacial score (nSPS) is 10.7. The second kappa shape index (κ2) is 10.6. The molecule has 10 heteroatoms. The monoisotopic (exact) mass is 375 g/mol. The van der Waals surface area contributed by atoms with Crippen molar-refractivity contribution in [1.29, 1.82) is 0 Å². The fourth-order valence-electron chi connectivity index (χ4n) is 1.57. The third-order valence-electron chi connectivity index (χ3n) is 2.56. The average molecular weight is 375 g/mol. The van der Waals surface area contributed by atoms with Gasteiger partial charge in [0.15, 0.2) is 6.61 Å². The highest BCUT2D eigenvalue weighted by atomic mass is 19.3. The Bertz CT molecular complexity index is 700. The van der Waals surface area contributed by atoms with Crippen LogP contribution in [0.25, 0.3) is 6.08 Å². The Labute approximate surface area is 145 Å². The summed E-state index contributed by atoms with van der Waals surface area (Å²) < 4.78 is 62.1. The van der Waals surface area contributed by atoms with Crippen LogP contribution in [-0.2, 0) is 14.3 Å². The van der Waals surface area contributed by atoms with Gasteiger partial charge in [-0.15, -0.1) is 6.42 Å².